The van der Waals surface area contributed by atoms with E-state index in [0.29, 0.717) is 16.9 Å². The Kier molecular flexibility index (Phi) is 7.47. The molecular formula is C18H20ClF3N2O2. The summed E-state index contributed by atoms with van der Waals surface area (Å²) in [4.78, 5) is 12.4. The van der Waals surface area contributed by atoms with Crippen LogP contribution < -0.4 is 15.8 Å². The van der Waals surface area contributed by atoms with Gasteiger partial charge in [-0.1, -0.05) is 12.1 Å². The zero-order valence-electron chi connectivity index (χ0n) is 14.3. The third-order valence-electron chi connectivity index (χ3n) is 3.81. The number of ether oxygens (including phenoxy) is 1. The summed E-state index contributed by atoms with van der Waals surface area (Å²) in [6.45, 7) is 1.61. The number of alkyl halides is 3. The fourth-order valence-corrected chi connectivity index (χ4v) is 2.36. The van der Waals surface area contributed by atoms with E-state index in [0.717, 1.165) is 12.1 Å². The van der Waals surface area contributed by atoms with Crippen molar-refractivity contribution in [1.82, 2.24) is 0 Å². The second-order valence-corrected chi connectivity index (χ2v) is 5.61. The second-order valence-electron chi connectivity index (χ2n) is 5.61. The first-order valence-corrected chi connectivity index (χ1v) is 7.60. The molecule has 0 saturated heterocycles. The summed E-state index contributed by atoms with van der Waals surface area (Å²) in [5.41, 5.74) is 5.66. The van der Waals surface area contributed by atoms with Crippen LogP contribution in [0.3, 0.4) is 0 Å². The number of rotatable bonds is 5. The SMILES string of the molecule is COc1cccc(C(C)C(=O)Nc2cc(CN)cc(C(F)(F)F)c2)c1.Cl. The number of nitrogens with two attached hydrogens (primary N) is 1. The lowest BCUT2D eigenvalue weighted by Gasteiger charge is -2.16. The molecule has 8 heteroatoms. The maximum atomic E-state index is 13.0. The Labute approximate surface area is 155 Å². The lowest BCUT2D eigenvalue weighted by atomic mass is 9.99. The summed E-state index contributed by atoms with van der Waals surface area (Å²) < 4.78 is 44.0. The number of anilines is 1. The normalized spacial score (nSPS) is 12.1. The number of methoxy groups -OCH3 is 1. The Hall–Kier alpha value is -2.25. The van der Waals surface area contributed by atoms with Crippen molar-refractivity contribution in [2.24, 2.45) is 5.73 Å². The van der Waals surface area contributed by atoms with Crippen LogP contribution in [0.2, 0.25) is 0 Å². The predicted molar refractivity (Wildman–Crippen MR) is 96.6 cm³/mol. The van der Waals surface area contributed by atoms with E-state index in [1.807, 2.05) is 0 Å². The minimum absolute atomic E-state index is 0. The molecule has 26 heavy (non-hydrogen) atoms. The first kappa shape index (κ1) is 21.8. The topological polar surface area (TPSA) is 64.3 Å². The van der Waals surface area contributed by atoms with Gasteiger partial charge in [0.15, 0.2) is 0 Å². The average Bonchev–Trinajstić information content (AvgIpc) is 2.59. The molecule has 0 aliphatic heterocycles. The molecule has 1 amide bonds. The van der Waals surface area contributed by atoms with Crippen molar-refractivity contribution in [1.29, 1.82) is 0 Å². The molecule has 0 fully saturated rings. The number of hydrogen-bond donors (Lipinski definition) is 2. The van der Waals surface area contributed by atoms with Crippen LogP contribution >= 0.6 is 12.4 Å². The van der Waals surface area contributed by atoms with Crippen molar-refractivity contribution in [2.75, 3.05) is 12.4 Å². The van der Waals surface area contributed by atoms with Gasteiger partial charge in [0.1, 0.15) is 5.75 Å². The number of carbonyl (C=O) groups is 1. The Morgan fingerprint density at radius 3 is 2.50 bits per heavy atom. The third kappa shape index (κ3) is 5.37. The molecule has 2 aromatic carbocycles. The van der Waals surface area contributed by atoms with Gasteiger partial charge < -0.3 is 15.8 Å². The molecule has 0 radical (unpaired) electrons. The van der Waals surface area contributed by atoms with Crippen LogP contribution in [0, 0.1) is 0 Å². The second kappa shape index (κ2) is 8.91. The molecule has 0 heterocycles. The molecule has 2 rings (SSSR count). The molecule has 1 unspecified atom stereocenters. The Morgan fingerprint density at radius 2 is 1.92 bits per heavy atom. The fraction of sp³-hybridized carbons (Fsp3) is 0.278. The summed E-state index contributed by atoms with van der Waals surface area (Å²) in [6, 6.07) is 10.3. The molecule has 0 aromatic heterocycles. The minimum Gasteiger partial charge on any atom is -0.497 e. The van der Waals surface area contributed by atoms with Gasteiger partial charge in [0.2, 0.25) is 5.91 Å². The van der Waals surface area contributed by atoms with Gasteiger partial charge in [-0.3, -0.25) is 4.79 Å². The summed E-state index contributed by atoms with van der Waals surface area (Å²) >= 11 is 0. The zero-order chi connectivity index (χ0) is 18.6. The molecule has 3 N–H and O–H groups in total. The summed E-state index contributed by atoms with van der Waals surface area (Å²) in [6.07, 6.45) is -4.51. The van der Waals surface area contributed by atoms with E-state index in [4.69, 9.17) is 10.5 Å². The molecule has 0 saturated carbocycles. The molecule has 1 atom stereocenters. The number of amides is 1. The molecular weight excluding hydrogens is 369 g/mol. The van der Waals surface area contributed by atoms with Gasteiger partial charge in [-0.25, -0.2) is 0 Å². The first-order chi connectivity index (χ1) is 11.7. The summed E-state index contributed by atoms with van der Waals surface area (Å²) in [5, 5.41) is 2.53. The lowest BCUT2D eigenvalue weighted by molar-refractivity contribution is -0.137. The van der Waals surface area contributed by atoms with Gasteiger partial charge in [0.25, 0.3) is 0 Å². The molecule has 4 nitrogen and oxygen atoms in total. The van der Waals surface area contributed by atoms with E-state index in [1.54, 1.807) is 31.2 Å². The Balaban J connectivity index is 0.00000338. The van der Waals surface area contributed by atoms with Crippen molar-refractivity contribution in [3.63, 3.8) is 0 Å². The van der Waals surface area contributed by atoms with Crippen molar-refractivity contribution < 1.29 is 22.7 Å². The van der Waals surface area contributed by atoms with Gasteiger partial charge in [-0.15, -0.1) is 12.4 Å². The van der Waals surface area contributed by atoms with Gasteiger partial charge >= 0.3 is 6.18 Å². The third-order valence-corrected chi connectivity index (χ3v) is 3.81. The monoisotopic (exact) mass is 388 g/mol. The van der Waals surface area contributed by atoms with Crippen molar-refractivity contribution in [3.05, 3.63) is 59.2 Å². The lowest BCUT2D eigenvalue weighted by Crippen LogP contribution is -2.19. The quantitative estimate of drug-likeness (QED) is 0.801. The fourth-order valence-electron chi connectivity index (χ4n) is 2.36. The van der Waals surface area contributed by atoms with E-state index in [9.17, 15) is 18.0 Å². The Morgan fingerprint density at radius 1 is 1.23 bits per heavy atom. The maximum Gasteiger partial charge on any atom is 0.416 e. The number of halogens is 4. The molecule has 0 bridgehead atoms. The molecule has 0 spiro atoms. The highest BCUT2D eigenvalue weighted by Crippen LogP contribution is 2.32. The van der Waals surface area contributed by atoms with Crippen LogP contribution in [0.4, 0.5) is 18.9 Å². The smallest absolute Gasteiger partial charge is 0.416 e. The van der Waals surface area contributed by atoms with E-state index >= 15 is 0 Å². The van der Waals surface area contributed by atoms with E-state index in [1.165, 1.54) is 13.2 Å². The molecule has 2 aromatic rings. The largest absolute Gasteiger partial charge is 0.497 e. The van der Waals surface area contributed by atoms with E-state index in [-0.39, 0.29) is 24.6 Å². The highest BCUT2D eigenvalue weighted by Gasteiger charge is 2.31. The van der Waals surface area contributed by atoms with Crippen molar-refractivity contribution >= 4 is 24.0 Å². The van der Waals surface area contributed by atoms with Gasteiger partial charge in [-0.05, 0) is 48.4 Å². The van der Waals surface area contributed by atoms with E-state index in [2.05, 4.69) is 5.32 Å². The maximum absolute atomic E-state index is 13.0. The van der Waals surface area contributed by atoms with Crippen LogP contribution in [-0.4, -0.2) is 13.0 Å². The number of hydrogen-bond acceptors (Lipinski definition) is 3. The zero-order valence-corrected chi connectivity index (χ0v) is 15.1. The first-order valence-electron chi connectivity index (χ1n) is 7.60. The summed E-state index contributed by atoms with van der Waals surface area (Å²) in [5.74, 6) is -0.386. The van der Waals surface area contributed by atoms with Crippen molar-refractivity contribution in [2.45, 2.75) is 25.6 Å². The molecule has 0 aliphatic rings. The van der Waals surface area contributed by atoms with Crippen LogP contribution in [0.15, 0.2) is 42.5 Å². The van der Waals surface area contributed by atoms with Crippen LogP contribution in [0.1, 0.15) is 29.5 Å². The highest BCUT2D eigenvalue weighted by molar-refractivity contribution is 5.95. The van der Waals surface area contributed by atoms with Crippen LogP contribution in [0.5, 0.6) is 5.75 Å². The summed E-state index contributed by atoms with van der Waals surface area (Å²) in [7, 11) is 1.51. The number of nitrogens with one attached hydrogen (secondary N) is 1. The minimum atomic E-state index is -4.51. The van der Waals surface area contributed by atoms with Gasteiger partial charge in [0, 0.05) is 12.2 Å². The average molecular weight is 389 g/mol. The van der Waals surface area contributed by atoms with Crippen LogP contribution in [-0.2, 0) is 17.5 Å². The van der Waals surface area contributed by atoms with Crippen LogP contribution in [0.25, 0.3) is 0 Å². The predicted octanol–water partition coefficient (Wildman–Crippen LogP) is 4.34. The number of carbonyl (C=O) groups excluding carboxylic acids is 1. The molecule has 142 valence electrons. The molecule has 0 aliphatic carbocycles. The Bertz CT molecular complexity index is 766. The van der Waals surface area contributed by atoms with Crippen molar-refractivity contribution in [3.8, 4) is 5.75 Å². The van der Waals surface area contributed by atoms with Gasteiger partial charge in [0.05, 0.1) is 18.6 Å². The standard InChI is InChI=1S/C18H19F3N2O2.ClH/c1-11(13-4-3-5-16(8-13)25-2)17(24)23-15-7-12(10-22)6-14(9-15)18(19,20)21;/h3-9,11H,10,22H2,1-2H3,(H,23,24);1H. The van der Waals surface area contributed by atoms with E-state index < -0.39 is 23.6 Å². The number of benzene rings is 2. The van der Waals surface area contributed by atoms with Gasteiger partial charge in [-0.2, -0.15) is 13.2 Å². The highest BCUT2D eigenvalue weighted by atomic mass is 35.5.